The van der Waals surface area contributed by atoms with E-state index in [4.69, 9.17) is 21.7 Å². The van der Waals surface area contributed by atoms with Crippen LogP contribution in [-0.4, -0.2) is 28.2 Å². The minimum Gasteiger partial charge on any atom is -0.496 e. The maximum absolute atomic E-state index is 5.71. The van der Waals surface area contributed by atoms with Crippen LogP contribution in [0.3, 0.4) is 0 Å². The molecule has 0 saturated carbocycles. The van der Waals surface area contributed by atoms with Crippen molar-refractivity contribution in [2.24, 2.45) is 5.10 Å². The van der Waals surface area contributed by atoms with Gasteiger partial charge < -0.3 is 9.47 Å². The van der Waals surface area contributed by atoms with Crippen LogP contribution in [0.1, 0.15) is 11.4 Å². The molecule has 0 aliphatic carbocycles. The number of rotatable bonds is 6. The van der Waals surface area contributed by atoms with E-state index in [1.165, 1.54) is 4.68 Å². The Morgan fingerprint density at radius 1 is 1.28 bits per heavy atom. The summed E-state index contributed by atoms with van der Waals surface area (Å²) in [5.74, 6) is 2.03. The Labute approximate surface area is 158 Å². The summed E-state index contributed by atoms with van der Waals surface area (Å²) in [4.78, 5) is 0. The Bertz CT molecular complexity index is 937. The highest BCUT2D eigenvalue weighted by atomic mass is 79.9. The summed E-state index contributed by atoms with van der Waals surface area (Å²) in [6, 6.07) is 15.2. The first-order valence-corrected chi connectivity index (χ1v) is 8.59. The second-order valence-corrected chi connectivity index (χ2v) is 6.29. The third kappa shape index (κ3) is 4.34. The number of benzene rings is 2. The monoisotopic (exact) mass is 418 g/mol. The van der Waals surface area contributed by atoms with Gasteiger partial charge in [0.1, 0.15) is 18.1 Å². The van der Waals surface area contributed by atoms with Crippen LogP contribution in [0.4, 0.5) is 0 Å². The Kier molecular flexibility index (Phi) is 5.62. The van der Waals surface area contributed by atoms with Crippen LogP contribution in [0.15, 0.2) is 58.1 Å². The van der Waals surface area contributed by atoms with Crippen molar-refractivity contribution in [1.82, 2.24) is 14.9 Å². The maximum atomic E-state index is 5.71. The van der Waals surface area contributed by atoms with E-state index in [2.05, 4.69) is 31.2 Å². The van der Waals surface area contributed by atoms with Crippen LogP contribution in [0.25, 0.3) is 0 Å². The summed E-state index contributed by atoms with van der Waals surface area (Å²) in [6.07, 6.45) is 1.67. The first-order chi connectivity index (χ1) is 12.2. The first kappa shape index (κ1) is 17.4. The molecule has 0 bridgehead atoms. The van der Waals surface area contributed by atoms with Crippen LogP contribution in [0.5, 0.6) is 11.5 Å². The van der Waals surface area contributed by atoms with Crippen LogP contribution in [0, 0.1) is 4.77 Å². The Morgan fingerprint density at radius 2 is 2.08 bits per heavy atom. The number of hydrogen-bond donors (Lipinski definition) is 1. The highest BCUT2D eigenvalue weighted by Gasteiger charge is 2.07. The lowest BCUT2D eigenvalue weighted by Crippen LogP contribution is -2.04. The highest BCUT2D eigenvalue weighted by molar-refractivity contribution is 9.10. The van der Waals surface area contributed by atoms with Gasteiger partial charge in [-0.15, -0.1) is 0 Å². The largest absolute Gasteiger partial charge is 0.496 e. The Balaban J connectivity index is 1.82. The normalized spacial score (nSPS) is 11.0. The third-order valence-corrected chi connectivity index (χ3v) is 4.09. The van der Waals surface area contributed by atoms with Gasteiger partial charge in [0.25, 0.3) is 0 Å². The van der Waals surface area contributed by atoms with E-state index in [0.29, 0.717) is 16.3 Å². The maximum Gasteiger partial charge on any atom is 0.216 e. The van der Waals surface area contributed by atoms with Gasteiger partial charge in [-0.1, -0.05) is 34.1 Å². The van der Waals surface area contributed by atoms with Crippen molar-refractivity contribution in [1.29, 1.82) is 0 Å². The molecule has 6 nitrogen and oxygen atoms in total. The SMILES string of the molecule is COc1ccc(Br)cc1/C=N\n1c(COc2ccccc2)n[nH]c1=S. The molecular formula is C17H15BrN4O2S. The number of nitrogens with zero attached hydrogens (tertiary/aromatic N) is 3. The summed E-state index contributed by atoms with van der Waals surface area (Å²) in [6.45, 7) is 0.240. The number of H-pyrrole nitrogens is 1. The molecule has 8 heteroatoms. The van der Waals surface area contributed by atoms with Gasteiger partial charge >= 0.3 is 0 Å². The molecule has 0 amide bonds. The molecule has 2 aromatic carbocycles. The van der Waals surface area contributed by atoms with Crippen molar-refractivity contribution in [3.05, 3.63) is 69.2 Å². The van der Waals surface area contributed by atoms with Gasteiger partial charge in [0, 0.05) is 10.0 Å². The predicted octanol–water partition coefficient (Wildman–Crippen LogP) is 4.17. The molecule has 0 fully saturated rings. The van der Waals surface area contributed by atoms with E-state index in [0.717, 1.165) is 15.8 Å². The smallest absolute Gasteiger partial charge is 0.216 e. The molecule has 1 heterocycles. The molecule has 25 heavy (non-hydrogen) atoms. The number of ether oxygens (including phenoxy) is 2. The van der Waals surface area contributed by atoms with Crippen molar-refractivity contribution < 1.29 is 9.47 Å². The average Bonchev–Trinajstić information content (AvgIpc) is 2.99. The summed E-state index contributed by atoms with van der Waals surface area (Å²) in [5, 5.41) is 11.3. The molecular weight excluding hydrogens is 404 g/mol. The van der Waals surface area contributed by atoms with E-state index in [9.17, 15) is 0 Å². The fraction of sp³-hybridized carbons (Fsp3) is 0.118. The van der Waals surface area contributed by atoms with E-state index in [1.807, 2.05) is 48.5 Å². The second-order valence-electron chi connectivity index (χ2n) is 4.99. The number of hydrogen-bond acceptors (Lipinski definition) is 5. The fourth-order valence-electron chi connectivity index (χ4n) is 2.13. The van der Waals surface area contributed by atoms with Crippen molar-refractivity contribution in [2.75, 3.05) is 7.11 Å². The lowest BCUT2D eigenvalue weighted by molar-refractivity contribution is 0.290. The van der Waals surface area contributed by atoms with Crippen LogP contribution in [0.2, 0.25) is 0 Å². The third-order valence-electron chi connectivity index (χ3n) is 3.33. The summed E-state index contributed by atoms with van der Waals surface area (Å²) in [7, 11) is 1.61. The quantitative estimate of drug-likeness (QED) is 0.481. The fourth-order valence-corrected chi connectivity index (χ4v) is 2.70. The van der Waals surface area contributed by atoms with Crippen LogP contribution < -0.4 is 9.47 Å². The van der Waals surface area contributed by atoms with Crippen molar-refractivity contribution in [3.63, 3.8) is 0 Å². The number of nitrogens with one attached hydrogen (secondary N) is 1. The van der Waals surface area contributed by atoms with Gasteiger partial charge in [0.15, 0.2) is 5.82 Å². The zero-order valence-electron chi connectivity index (χ0n) is 13.3. The first-order valence-electron chi connectivity index (χ1n) is 7.39. The topological polar surface area (TPSA) is 64.4 Å². The molecule has 128 valence electrons. The minimum atomic E-state index is 0.240. The molecule has 0 unspecified atom stereocenters. The van der Waals surface area contributed by atoms with Gasteiger partial charge in [-0.25, -0.2) is 5.10 Å². The molecule has 0 aliphatic rings. The minimum absolute atomic E-state index is 0.240. The lowest BCUT2D eigenvalue weighted by Gasteiger charge is -2.06. The van der Waals surface area contributed by atoms with E-state index in [1.54, 1.807) is 13.3 Å². The van der Waals surface area contributed by atoms with E-state index in [-0.39, 0.29) is 6.61 Å². The van der Waals surface area contributed by atoms with Crippen molar-refractivity contribution in [2.45, 2.75) is 6.61 Å². The number of methoxy groups -OCH3 is 1. The number of halogens is 1. The Hall–Kier alpha value is -2.45. The second kappa shape index (κ2) is 8.09. The van der Waals surface area contributed by atoms with Crippen LogP contribution in [-0.2, 0) is 6.61 Å². The average molecular weight is 419 g/mol. The summed E-state index contributed by atoms with van der Waals surface area (Å²) >= 11 is 8.68. The lowest BCUT2D eigenvalue weighted by atomic mass is 10.2. The summed E-state index contributed by atoms with van der Waals surface area (Å²) < 4.78 is 13.9. The van der Waals surface area contributed by atoms with Gasteiger partial charge in [-0.2, -0.15) is 14.9 Å². The number of aromatic amines is 1. The molecule has 1 N–H and O–H groups in total. The van der Waals surface area contributed by atoms with Crippen molar-refractivity contribution in [3.8, 4) is 11.5 Å². The van der Waals surface area contributed by atoms with Crippen LogP contribution >= 0.6 is 28.1 Å². The van der Waals surface area contributed by atoms with Gasteiger partial charge in [0.2, 0.25) is 4.77 Å². The molecule has 0 radical (unpaired) electrons. The molecule has 0 aliphatic heterocycles. The summed E-state index contributed by atoms with van der Waals surface area (Å²) in [5.41, 5.74) is 0.815. The van der Waals surface area contributed by atoms with Gasteiger partial charge in [0.05, 0.1) is 13.3 Å². The molecule has 3 rings (SSSR count). The van der Waals surface area contributed by atoms with E-state index >= 15 is 0 Å². The molecule has 0 saturated heterocycles. The van der Waals surface area contributed by atoms with E-state index < -0.39 is 0 Å². The zero-order valence-corrected chi connectivity index (χ0v) is 15.8. The van der Waals surface area contributed by atoms with Crippen molar-refractivity contribution >= 4 is 34.4 Å². The van der Waals surface area contributed by atoms with Gasteiger partial charge in [-0.05, 0) is 42.5 Å². The predicted molar refractivity (Wildman–Crippen MR) is 102 cm³/mol. The molecule has 3 aromatic rings. The van der Waals surface area contributed by atoms with Gasteiger partial charge in [-0.3, -0.25) is 0 Å². The molecule has 0 atom stereocenters. The molecule has 1 aromatic heterocycles. The Morgan fingerprint density at radius 3 is 2.84 bits per heavy atom. The zero-order chi connectivity index (χ0) is 17.6. The molecule has 0 spiro atoms. The standard InChI is InChI=1S/C17H15BrN4O2S/c1-23-15-8-7-13(18)9-12(15)10-19-22-16(20-21-17(22)25)11-24-14-5-3-2-4-6-14/h2-10H,11H2,1H3,(H,21,25)/b19-10-. The number of aromatic nitrogens is 3. The highest BCUT2D eigenvalue weighted by Crippen LogP contribution is 2.21. The number of para-hydroxylation sites is 1.